The van der Waals surface area contributed by atoms with Crippen molar-refractivity contribution in [2.75, 3.05) is 14.2 Å². The highest BCUT2D eigenvalue weighted by Gasteiger charge is 2.28. The predicted octanol–water partition coefficient (Wildman–Crippen LogP) is 6.02. The largest absolute Gasteiger partial charge is 0.493 e. The van der Waals surface area contributed by atoms with Crippen LogP contribution < -0.4 is 9.47 Å². The number of nitrogens with zero attached hydrogens (tertiary/aromatic N) is 1. The summed E-state index contributed by atoms with van der Waals surface area (Å²) >= 11 is 10.1. The maximum Gasteiger partial charge on any atom is 0.265 e. The molecule has 3 aromatic rings. The molecule has 7 heteroatoms. The molecule has 1 fully saturated rings. The highest BCUT2D eigenvalue weighted by atomic mass is 79.9. The van der Waals surface area contributed by atoms with Crippen molar-refractivity contribution in [2.45, 2.75) is 6.61 Å². The number of amides is 1. The van der Waals surface area contributed by atoms with Gasteiger partial charge in [0.2, 0.25) is 0 Å². The summed E-state index contributed by atoms with van der Waals surface area (Å²) in [6, 6.07) is 18.2. The number of hydrogen-bond donors (Lipinski definition) is 0. The third kappa shape index (κ3) is 4.10. The van der Waals surface area contributed by atoms with Crippen LogP contribution in [0.5, 0.6) is 11.5 Å². The standard InChI is InChI=1S/C23H18BrNO3S2/c1-25-22(26)20(30-23(25)29)12-14-10-18(24)21(19(11-14)27-2)28-13-16-8-5-7-15-6-3-4-9-17(15)16/h3-12H,13H2,1-2H3/b20-12+. The fraction of sp³-hybridized carbons (Fsp3) is 0.130. The number of ether oxygens (including phenoxy) is 2. The van der Waals surface area contributed by atoms with Crippen LogP contribution in [0.25, 0.3) is 16.8 Å². The molecule has 0 bridgehead atoms. The molecule has 0 unspecified atom stereocenters. The molecular formula is C23H18BrNO3S2. The Morgan fingerprint density at radius 1 is 1.17 bits per heavy atom. The van der Waals surface area contributed by atoms with E-state index in [9.17, 15) is 4.79 Å². The highest BCUT2D eigenvalue weighted by molar-refractivity contribution is 9.10. The summed E-state index contributed by atoms with van der Waals surface area (Å²) in [5.74, 6) is 1.10. The summed E-state index contributed by atoms with van der Waals surface area (Å²) in [6.45, 7) is 0.407. The molecule has 4 nitrogen and oxygen atoms in total. The first-order valence-corrected chi connectivity index (χ1v) is 11.2. The Bertz CT molecular complexity index is 1190. The molecule has 30 heavy (non-hydrogen) atoms. The van der Waals surface area contributed by atoms with Crippen LogP contribution in [0.4, 0.5) is 0 Å². The third-order valence-electron chi connectivity index (χ3n) is 4.79. The second-order valence-electron chi connectivity index (χ2n) is 6.70. The molecule has 1 heterocycles. The lowest BCUT2D eigenvalue weighted by Crippen LogP contribution is -2.22. The zero-order valence-corrected chi connectivity index (χ0v) is 19.6. The van der Waals surface area contributed by atoms with Crippen molar-refractivity contribution in [3.8, 4) is 11.5 Å². The number of hydrogen-bond acceptors (Lipinski definition) is 5. The van der Waals surface area contributed by atoms with Crippen molar-refractivity contribution in [2.24, 2.45) is 0 Å². The highest BCUT2D eigenvalue weighted by Crippen LogP contribution is 2.39. The van der Waals surface area contributed by atoms with E-state index in [1.165, 1.54) is 22.0 Å². The number of halogens is 1. The van der Waals surface area contributed by atoms with Crippen LogP contribution in [0.1, 0.15) is 11.1 Å². The zero-order chi connectivity index (χ0) is 21.3. The van der Waals surface area contributed by atoms with E-state index in [-0.39, 0.29) is 5.91 Å². The molecule has 152 valence electrons. The topological polar surface area (TPSA) is 38.8 Å². The minimum absolute atomic E-state index is 0.101. The van der Waals surface area contributed by atoms with Gasteiger partial charge in [-0.25, -0.2) is 0 Å². The molecule has 0 saturated carbocycles. The minimum atomic E-state index is -0.101. The Morgan fingerprint density at radius 2 is 1.93 bits per heavy atom. The normalized spacial score (nSPS) is 15.3. The van der Waals surface area contributed by atoms with Gasteiger partial charge in [-0.15, -0.1) is 0 Å². The van der Waals surface area contributed by atoms with Gasteiger partial charge in [-0.05, 0) is 56.0 Å². The smallest absolute Gasteiger partial charge is 0.265 e. The first-order chi connectivity index (χ1) is 14.5. The number of carbonyl (C=O) groups excluding carboxylic acids is 1. The van der Waals surface area contributed by atoms with Crippen LogP contribution in [-0.4, -0.2) is 29.3 Å². The lowest BCUT2D eigenvalue weighted by atomic mass is 10.1. The monoisotopic (exact) mass is 499 g/mol. The number of fused-ring (bicyclic) bond motifs is 1. The van der Waals surface area contributed by atoms with Gasteiger partial charge in [-0.2, -0.15) is 0 Å². The number of thioether (sulfide) groups is 1. The van der Waals surface area contributed by atoms with Crippen LogP contribution in [0.15, 0.2) is 64.0 Å². The van der Waals surface area contributed by atoms with E-state index in [1.807, 2.05) is 36.4 Å². The minimum Gasteiger partial charge on any atom is -0.493 e. The molecule has 0 atom stereocenters. The molecule has 1 aliphatic rings. The van der Waals surface area contributed by atoms with E-state index >= 15 is 0 Å². The van der Waals surface area contributed by atoms with E-state index in [2.05, 4.69) is 40.2 Å². The van der Waals surface area contributed by atoms with Crippen LogP contribution in [0.3, 0.4) is 0 Å². The molecule has 0 aromatic heterocycles. The molecule has 1 aliphatic heterocycles. The lowest BCUT2D eigenvalue weighted by molar-refractivity contribution is -0.121. The maximum absolute atomic E-state index is 12.3. The van der Waals surface area contributed by atoms with Gasteiger partial charge in [0.15, 0.2) is 11.5 Å². The van der Waals surface area contributed by atoms with Gasteiger partial charge in [0.1, 0.15) is 10.9 Å². The van der Waals surface area contributed by atoms with Gasteiger partial charge < -0.3 is 9.47 Å². The molecular weight excluding hydrogens is 482 g/mol. The molecule has 0 aliphatic carbocycles. The number of rotatable bonds is 5. The average Bonchev–Trinajstić information content (AvgIpc) is 2.99. The number of benzene rings is 3. The number of likely N-dealkylation sites (N-methyl/N-ethyl adjacent to an activating group) is 1. The van der Waals surface area contributed by atoms with E-state index in [1.54, 1.807) is 14.2 Å². The van der Waals surface area contributed by atoms with Crippen molar-refractivity contribution in [1.82, 2.24) is 4.90 Å². The molecule has 4 rings (SSSR count). The van der Waals surface area contributed by atoms with E-state index in [0.29, 0.717) is 27.3 Å². The van der Waals surface area contributed by atoms with E-state index in [0.717, 1.165) is 21.0 Å². The Kier molecular flexibility index (Phi) is 6.13. The summed E-state index contributed by atoms with van der Waals surface area (Å²) in [6.07, 6.45) is 1.81. The van der Waals surface area contributed by atoms with Crippen LogP contribution in [0.2, 0.25) is 0 Å². The van der Waals surface area contributed by atoms with Crippen LogP contribution in [0, 0.1) is 0 Å². The van der Waals surface area contributed by atoms with Crippen molar-refractivity contribution in [3.05, 3.63) is 75.1 Å². The van der Waals surface area contributed by atoms with E-state index in [4.69, 9.17) is 21.7 Å². The molecule has 1 saturated heterocycles. The Balaban J connectivity index is 1.62. The molecule has 0 N–H and O–H groups in total. The van der Waals surface area contributed by atoms with Gasteiger partial charge in [-0.3, -0.25) is 9.69 Å². The predicted molar refractivity (Wildman–Crippen MR) is 130 cm³/mol. The Labute approximate surface area is 193 Å². The van der Waals surface area contributed by atoms with Crippen molar-refractivity contribution in [1.29, 1.82) is 0 Å². The van der Waals surface area contributed by atoms with Gasteiger partial charge in [0.25, 0.3) is 5.91 Å². The SMILES string of the molecule is COc1cc(/C=C2/SC(=S)N(C)C2=O)cc(Br)c1OCc1cccc2ccccc12. The van der Waals surface area contributed by atoms with Crippen molar-refractivity contribution >= 4 is 67.0 Å². The van der Waals surface area contributed by atoms with Gasteiger partial charge >= 0.3 is 0 Å². The summed E-state index contributed by atoms with van der Waals surface area (Å²) in [5.41, 5.74) is 1.92. The first-order valence-electron chi connectivity index (χ1n) is 9.16. The number of thiocarbonyl (C=S) groups is 1. The van der Waals surface area contributed by atoms with Crippen LogP contribution in [-0.2, 0) is 11.4 Å². The summed E-state index contributed by atoms with van der Waals surface area (Å²) in [4.78, 5) is 14.3. The van der Waals surface area contributed by atoms with Crippen molar-refractivity contribution in [3.63, 3.8) is 0 Å². The molecule has 0 radical (unpaired) electrons. The van der Waals surface area contributed by atoms with Crippen LogP contribution >= 0.6 is 39.9 Å². The van der Waals surface area contributed by atoms with Gasteiger partial charge in [0, 0.05) is 7.05 Å². The quantitative estimate of drug-likeness (QED) is 0.317. The summed E-state index contributed by atoms with van der Waals surface area (Å²) < 4.78 is 13.0. The first kappa shape index (κ1) is 20.9. The Morgan fingerprint density at radius 3 is 2.67 bits per heavy atom. The third-order valence-corrected chi connectivity index (χ3v) is 6.86. The second-order valence-corrected chi connectivity index (χ2v) is 9.23. The average molecular weight is 500 g/mol. The maximum atomic E-state index is 12.3. The fourth-order valence-corrected chi connectivity index (χ4v) is 4.98. The van der Waals surface area contributed by atoms with Gasteiger partial charge in [-0.1, -0.05) is 66.4 Å². The summed E-state index contributed by atoms with van der Waals surface area (Å²) in [7, 11) is 3.28. The second kappa shape index (κ2) is 8.79. The molecule has 1 amide bonds. The fourth-order valence-electron chi connectivity index (χ4n) is 3.23. The van der Waals surface area contributed by atoms with Gasteiger partial charge in [0.05, 0.1) is 16.5 Å². The Hall–Kier alpha value is -2.35. The lowest BCUT2D eigenvalue weighted by Gasteiger charge is -2.15. The number of methoxy groups -OCH3 is 1. The zero-order valence-electron chi connectivity index (χ0n) is 16.3. The van der Waals surface area contributed by atoms with Crippen molar-refractivity contribution < 1.29 is 14.3 Å². The van der Waals surface area contributed by atoms with E-state index < -0.39 is 0 Å². The molecule has 0 spiro atoms. The summed E-state index contributed by atoms with van der Waals surface area (Å²) in [5, 5.41) is 2.33. The molecule has 3 aromatic carbocycles. The number of carbonyl (C=O) groups is 1.